The van der Waals surface area contributed by atoms with Crippen LogP contribution in [0.4, 0.5) is 5.69 Å². The average molecular weight is 223 g/mol. The van der Waals surface area contributed by atoms with Gasteiger partial charge in [0.1, 0.15) is 6.61 Å². The van der Waals surface area contributed by atoms with E-state index in [0.29, 0.717) is 0 Å². The van der Waals surface area contributed by atoms with Gasteiger partial charge in [0, 0.05) is 7.11 Å². The zero-order chi connectivity index (χ0) is 12.1. The SMILES string of the molecule is COCC(=O)Nc1ccc(C)cc1C(=O)O. The maximum atomic E-state index is 11.2. The summed E-state index contributed by atoms with van der Waals surface area (Å²) in [4.78, 5) is 22.2. The van der Waals surface area contributed by atoms with Crippen LogP contribution in [-0.4, -0.2) is 30.7 Å². The van der Waals surface area contributed by atoms with E-state index in [1.807, 2.05) is 0 Å². The average Bonchev–Trinajstić information content (AvgIpc) is 2.20. The second-order valence-electron chi connectivity index (χ2n) is 3.34. The Kier molecular flexibility index (Phi) is 4.02. The van der Waals surface area contributed by atoms with Gasteiger partial charge in [0.05, 0.1) is 11.3 Å². The van der Waals surface area contributed by atoms with Gasteiger partial charge in [-0.1, -0.05) is 11.6 Å². The number of rotatable bonds is 4. The van der Waals surface area contributed by atoms with Crippen LogP contribution in [0.1, 0.15) is 15.9 Å². The van der Waals surface area contributed by atoms with E-state index in [9.17, 15) is 9.59 Å². The summed E-state index contributed by atoms with van der Waals surface area (Å²) in [6.07, 6.45) is 0. The number of benzene rings is 1. The first-order valence-electron chi connectivity index (χ1n) is 4.67. The van der Waals surface area contributed by atoms with E-state index in [0.717, 1.165) is 5.56 Å². The standard InChI is InChI=1S/C11H13NO4/c1-7-3-4-9(8(5-7)11(14)15)12-10(13)6-16-2/h3-5H,6H2,1-2H3,(H,12,13)(H,14,15). The smallest absolute Gasteiger partial charge is 0.337 e. The normalized spacial score (nSPS) is 9.88. The molecule has 0 aromatic heterocycles. The van der Waals surface area contributed by atoms with Gasteiger partial charge in [0.25, 0.3) is 0 Å². The Bertz CT molecular complexity index is 414. The fourth-order valence-corrected chi connectivity index (χ4v) is 1.26. The van der Waals surface area contributed by atoms with Crippen molar-refractivity contribution in [1.29, 1.82) is 0 Å². The molecule has 0 unspecified atom stereocenters. The van der Waals surface area contributed by atoms with Crippen molar-refractivity contribution in [1.82, 2.24) is 0 Å². The molecule has 0 fully saturated rings. The first-order valence-corrected chi connectivity index (χ1v) is 4.67. The van der Waals surface area contributed by atoms with Gasteiger partial charge in [-0.05, 0) is 19.1 Å². The number of aromatic carboxylic acids is 1. The second-order valence-corrected chi connectivity index (χ2v) is 3.34. The van der Waals surface area contributed by atoms with Crippen LogP contribution in [0.15, 0.2) is 18.2 Å². The quantitative estimate of drug-likeness (QED) is 0.806. The van der Waals surface area contributed by atoms with Crippen LogP contribution in [0, 0.1) is 6.92 Å². The molecule has 0 atom stereocenters. The van der Waals surface area contributed by atoms with Crippen molar-refractivity contribution >= 4 is 17.6 Å². The van der Waals surface area contributed by atoms with Gasteiger partial charge in [-0.15, -0.1) is 0 Å². The highest BCUT2D eigenvalue weighted by Gasteiger charge is 2.12. The summed E-state index contributed by atoms with van der Waals surface area (Å²) in [6.45, 7) is 1.68. The number of carboxylic acids is 1. The van der Waals surface area contributed by atoms with E-state index in [-0.39, 0.29) is 23.8 Å². The number of nitrogens with one attached hydrogen (secondary N) is 1. The molecule has 0 radical (unpaired) electrons. The molecule has 0 saturated heterocycles. The minimum atomic E-state index is -1.07. The lowest BCUT2D eigenvalue weighted by Crippen LogP contribution is -2.19. The van der Waals surface area contributed by atoms with Crippen molar-refractivity contribution in [3.05, 3.63) is 29.3 Å². The van der Waals surface area contributed by atoms with Crippen molar-refractivity contribution in [3.63, 3.8) is 0 Å². The number of amides is 1. The number of carbonyl (C=O) groups excluding carboxylic acids is 1. The van der Waals surface area contributed by atoms with Crippen LogP contribution in [0.2, 0.25) is 0 Å². The molecule has 0 spiro atoms. The van der Waals surface area contributed by atoms with E-state index >= 15 is 0 Å². The fraction of sp³-hybridized carbons (Fsp3) is 0.273. The zero-order valence-corrected chi connectivity index (χ0v) is 9.11. The number of hydrogen-bond donors (Lipinski definition) is 2. The van der Waals surface area contributed by atoms with Crippen LogP contribution in [0.5, 0.6) is 0 Å². The van der Waals surface area contributed by atoms with Gasteiger partial charge in [-0.3, -0.25) is 4.79 Å². The number of hydrogen-bond acceptors (Lipinski definition) is 3. The number of methoxy groups -OCH3 is 1. The Hall–Kier alpha value is -1.88. The predicted octanol–water partition coefficient (Wildman–Crippen LogP) is 1.28. The molecule has 5 nitrogen and oxygen atoms in total. The molecule has 0 aliphatic heterocycles. The highest BCUT2D eigenvalue weighted by Crippen LogP contribution is 2.17. The largest absolute Gasteiger partial charge is 0.478 e. The maximum absolute atomic E-state index is 11.2. The van der Waals surface area contributed by atoms with Gasteiger partial charge >= 0.3 is 5.97 Å². The summed E-state index contributed by atoms with van der Waals surface area (Å²) in [5.74, 6) is -1.45. The summed E-state index contributed by atoms with van der Waals surface area (Å²) < 4.78 is 4.64. The minimum absolute atomic E-state index is 0.0736. The van der Waals surface area contributed by atoms with E-state index < -0.39 is 5.97 Å². The molecule has 0 heterocycles. The molecule has 16 heavy (non-hydrogen) atoms. The summed E-state index contributed by atoms with van der Waals surface area (Å²) in [7, 11) is 1.40. The molecule has 5 heteroatoms. The summed E-state index contributed by atoms with van der Waals surface area (Å²) >= 11 is 0. The summed E-state index contributed by atoms with van der Waals surface area (Å²) in [6, 6.07) is 4.80. The topological polar surface area (TPSA) is 75.6 Å². The highest BCUT2D eigenvalue weighted by atomic mass is 16.5. The van der Waals surface area contributed by atoms with Gasteiger partial charge < -0.3 is 15.2 Å². The number of carbonyl (C=O) groups is 2. The van der Waals surface area contributed by atoms with Crippen molar-refractivity contribution in [2.45, 2.75) is 6.92 Å². The molecule has 0 bridgehead atoms. The lowest BCUT2D eigenvalue weighted by atomic mass is 10.1. The van der Waals surface area contributed by atoms with E-state index in [1.165, 1.54) is 13.2 Å². The molecule has 1 amide bonds. The fourth-order valence-electron chi connectivity index (χ4n) is 1.26. The highest BCUT2D eigenvalue weighted by molar-refractivity contribution is 6.01. The van der Waals surface area contributed by atoms with Crippen molar-refractivity contribution < 1.29 is 19.4 Å². The third-order valence-corrected chi connectivity index (χ3v) is 1.95. The number of carboxylic acid groups (broad SMARTS) is 1. The summed E-state index contributed by atoms with van der Waals surface area (Å²) in [5.41, 5.74) is 1.17. The first-order chi connectivity index (χ1) is 7.54. The monoisotopic (exact) mass is 223 g/mol. The summed E-state index contributed by atoms with van der Waals surface area (Å²) in [5, 5.41) is 11.4. The van der Waals surface area contributed by atoms with Gasteiger partial charge in [0.15, 0.2) is 0 Å². The molecule has 1 aromatic rings. The Morgan fingerprint density at radius 1 is 1.44 bits per heavy atom. The Morgan fingerprint density at radius 2 is 2.12 bits per heavy atom. The molecule has 0 aliphatic carbocycles. The molecule has 1 rings (SSSR count). The number of aryl methyl sites for hydroxylation is 1. The third kappa shape index (κ3) is 3.06. The van der Waals surface area contributed by atoms with Crippen LogP contribution in [0.3, 0.4) is 0 Å². The zero-order valence-electron chi connectivity index (χ0n) is 9.11. The van der Waals surface area contributed by atoms with Crippen molar-refractivity contribution in [3.8, 4) is 0 Å². The molecular weight excluding hydrogens is 210 g/mol. The van der Waals surface area contributed by atoms with Crippen molar-refractivity contribution in [2.24, 2.45) is 0 Å². The molecule has 1 aromatic carbocycles. The molecule has 0 saturated carbocycles. The van der Waals surface area contributed by atoms with E-state index in [2.05, 4.69) is 10.1 Å². The van der Waals surface area contributed by atoms with E-state index in [1.54, 1.807) is 19.1 Å². The Labute approximate surface area is 93.0 Å². The minimum Gasteiger partial charge on any atom is -0.478 e. The maximum Gasteiger partial charge on any atom is 0.337 e. The number of anilines is 1. The second kappa shape index (κ2) is 5.27. The van der Waals surface area contributed by atoms with Crippen LogP contribution in [-0.2, 0) is 9.53 Å². The predicted molar refractivity (Wildman–Crippen MR) is 58.6 cm³/mol. The van der Waals surface area contributed by atoms with Crippen LogP contribution >= 0.6 is 0 Å². The molecular formula is C11H13NO4. The molecule has 86 valence electrons. The molecule has 0 aliphatic rings. The lowest BCUT2D eigenvalue weighted by molar-refractivity contribution is -0.119. The molecule has 2 N–H and O–H groups in total. The van der Waals surface area contributed by atoms with Gasteiger partial charge in [-0.25, -0.2) is 4.79 Å². The van der Waals surface area contributed by atoms with Crippen LogP contribution < -0.4 is 5.32 Å². The van der Waals surface area contributed by atoms with Gasteiger partial charge in [-0.2, -0.15) is 0 Å². The van der Waals surface area contributed by atoms with Crippen molar-refractivity contribution in [2.75, 3.05) is 19.0 Å². The first kappa shape index (κ1) is 12.2. The Balaban J connectivity index is 2.95. The van der Waals surface area contributed by atoms with Gasteiger partial charge in [0.2, 0.25) is 5.91 Å². The number of ether oxygens (including phenoxy) is 1. The Morgan fingerprint density at radius 3 is 2.69 bits per heavy atom. The lowest BCUT2D eigenvalue weighted by Gasteiger charge is -2.08. The third-order valence-electron chi connectivity index (χ3n) is 1.95. The van der Waals surface area contributed by atoms with E-state index in [4.69, 9.17) is 5.11 Å². The van der Waals surface area contributed by atoms with Crippen LogP contribution in [0.25, 0.3) is 0 Å².